The fraction of sp³-hybridized carbons (Fsp3) is 0.143. The molecular weight excluding hydrogens is 263 g/mol. The van der Waals surface area contributed by atoms with Crippen LogP contribution in [-0.4, -0.2) is 7.11 Å². The normalized spacial score (nSPS) is 10.9. The third kappa shape index (κ3) is 4.36. The van der Waals surface area contributed by atoms with Crippen LogP contribution in [0.5, 0.6) is 11.5 Å². The summed E-state index contributed by atoms with van der Waals surface area (Å²) in [4.78, 5) is 0. The molecule has 2 aromatic carbocycles. The van der Waals surface area contributed by atoms with Crippen LogP contribution in [0.2, 0.25) is 0 Å². The molecule has 4 nitrogen and oxygen atoms in total. The molecular formula is C14H14O4P+. The van der Waals surface area contributed by atoms with E-state index in [0.717, 1.165) is 5.56 Å². The molecule has 1 unspecified atom stereocenters. The number of hydrogen-bond acceptors (Lipinski definition) is 4. The van der Waals surface area contributed by atoms with Gasteiger partial charge in [-0.05, 0) is 29.8 Å². The first kappa shape index (κ1) is 13.5. The minimum Gasteiger partial charge on any atom is -0.497 e. The van der Waals surface area contributed by atoms with E-state index in [0.29, 0.717) is 11.5 Å². The Bertz CT molecular complexity index is 525. The summed E-state index contributed by atoms with van der Waals surface area (Å²) in [6.07, 6.45) is 0. The highest BCUT2D eigenvalue weighted by Crippen LogP contribution is 2.30. The highest BCUT2D eigenvalue weighted by Gasteiger charge is 2.22. The first-order chi connectivity index (χ1) is 9.28. The maximum absolute atomic E-state index is 11.6. The molecule has 1 atom stereocenters. The highest BCUT2D eigenvalue weighted by molar-refractivity contribution is 7.33. The molecule has 98 valence electrons. The van der Waals surface area contributed by atoms with Crippen molar-refractivity contribution in [2.75, 3.05) is 7.11 Å². The zero-order valence-electron chi connectivity index (χ0n) is 10.5. The van der Waals surface area contributed by atoms with Crippen molar-refractivity contribution >= 4 is 8.25 Å². The van der Waals surface area contributed by atoms with Gasteiger partial charge in [-0.25, -0.2) is 4.52 Å². The maximum Gasteiger partial charge on any atom is 0.750 e. The molecule has 0 N–H and O–H groups in total. The second-order valence-corrected chi connectivity index (χ2v) is 4.64. The van der Waals surface area contributed by atoms with Crippen LogP contribution in [0.1, 0.15) is 5.56 Å². The van der Waals surface area contributed by atoms with Crippen LogP contribution in [0.4, 0.5) is 0 Å². The summed E-state index contributed by atoms with van der Waals surface area (Å²) in [7, 11) is -0.603. The summed E-state index contributed by atoms with van der Waals surface area (Å²) in [5, 5.41) is 0. The first-order valence-electron chi connectivity index (χ1n) is 5.74. The second kappa shape index (κ2) is 6.88. The Morgan fingerprint density at radius 2 is 1.58 bits per heavy atom. The lowest BCUT2D eigenvalue weighted by Crippen LogP contribution is -1.89. The van der Waals surface area contributed by atoms with Gasteiger partial charge in [0, 0.05) is 4.57 Å². The summed E-state index contributed by atoms with van der Waals surface area (Å²) < 4.78 is 26.9. The van der Waals surface area contributed by atoms with E-state index in [2.05, 4.69) is 0 Å². The Hall–Kier alpha value is -1.90. The molecule has 0 heterocycles. The molecule has 0 aliphatic carbocycles. The van der Waals surface area contributed by atoms with E-state index in [-0.39, 0.29) is 6.61 Å². The number of benzene rings is 2. The van der Waals surface area contributed by atoms with Gasteiger partial charge in [-0.1, -0.05) is 30.3 Å². The molecule has 2 aromatic rings. The smallest absolute Gasteiger partial charge is 0.497 e. The topological polar surface area (TPSA) is 44.8 Å². The predicted molar refractivity (Wildman–Crippen MR) is 72.5 cm³/mol. The molecule has 2 rings (SSSR count). The van der Waals surface area contributed by atoms with Crippen molar-refractivity contribution in [3.05, 3.63) is 60.2 Å². The van der Waals surface area contributed by atoms with Crippen molar-refractivity contribution < 1.29 is 18.3 Å². The van der Waals surface area contributed by atoms with Crippen molar-refractivity contribution in [1.29, 1.82) is 0 Å². The van der Waals surface area contributed by atoms with E-state index >= 15 is 0 Å². The minimum absolute atomic E-state index is 0.256. The van der Waals surface area contributed by atoms with Gasteiger partial charge in [-0.2, -0.15) is 0 Å². The molecule has 0 spiro atoms. The molecule has 0 fully saturated rings. The van der Waals surface area contributed by atoms with Crippen LogP contribution in [0, 0.1) is 0 Å². The van der Waals surface area contributed by atoms with Crippen molar-refractivity contribution in [3.63, 3.8) is 0 Å². The fourth-order valence-corrected chi connectivity index (χ4v) is 2.05. The molecule has 0 bridgehead atoms. The predicted octanol–water partition coefficient (Wildman–Crippen LogP) is 3.95. The average molecular weight is 277 g/mol. The highest BCUT2D eigenvalue weighted by atomic mass is 31.1. The van der Waals surface area contributed by atoms with Gasteiger partial charge in [0.2, 0.25) is 0 Å². The molecule has 0 aromatic heterocycles. The van der Waals surface area contributed by atoms with Crippen LogP contribution in [-0.2, 0) is 15.7 Å². The van der Waals surface area contributed by atoms with Gasteiger partial charge in [-0.3, -0.25) is 0 Å². The van der Waals surface area contributed by atoms with E-state index in [1.54, 1.807) is 31.4 Å². The minimum atomic E-state index is -2.19. The fourth-order valence-electron chi connectivity index (χ4n) is 1.45. The molecule has 0 amide bonds. The van der Waals surface area contributed by atoms with Gasteiger partial charge in [0.25, 0.3) is 0 Å². The van der Waals surface area contributed by atoms with Crippen molar-refractivity contribution in [2.45, 2.75) is 6.61 Å². The van der Waals surface area contributed by atoms with Gasteiger partial charge in [0.05, 0.1) is 7.11 Å². The molecule has 0 saturated carbocycles. The van der Waals surface area contributed by atoms with Gasteiger partial charge in [-0.15, -0.1) is 4.52 Å². The average Bonchev–Trinajstić information content (AvgIpc) is 2.47. The van der Waals surface area contributed by atoms with E-state index in [4.69, 9.17) is 13.8 Å². The van der Waals surface area contributed by atoms with E-state index in [1.807, 2.05) is 30.3 Å². The zero-order chi connectivity index (χ0) is 13.5. The summed E-state index contributed by atoms with van der Waals surface area (Å²) in [5.74, 6) is 1.20. The Balaban J connectivity index is 1.83. The lowest BCUT2D eigenvalue weighted by molar-refractivity contribution is 0.276. The number of ether oxygens (including phenoxy) is 1. The van der Waals surface area contributed by atoms with Gasteiger partial charge in [0.15, 0.2) is 5.75 Å². The largest absolute Gasteiger partial charge is 0.750 e. The van der Waals surface area contributed by atoms with Gasteiger partial charge in [0.1, 0.15) is 12.4 Å². The maximum atomic E-state index is 11.6. The standard InChI is InChI=1S/C14H14O4P/c1-16-13-7-9-14(10-8-13)18-19(15)17-11-12-5-3-2-4-6-12/h2-10H,11H2,1H3/q+1. The van der Waals surface area contributed by atoms with Crippen LogP contribution < -0.4 is 9.26 Å². The Labute approximate surface area is 112 Å². The van der Waals surface area contributed by atoms with Crippen LogP contribution in [0.25, 0.3) is 0 Å². The lowest BCUT2D eigenvalue weighted by atomic mass is 10.2. The Morgan fingerprint density at radius 1 is 0.947 bits per heavy atom. The van der Waals surface area contributed by atoms with E-state index in [1.165, 1.54) is 0 Å². The van der Waals surface area contributed by atoms with Crippen molar-refractivity contribution in [3.8, 4) is 11.5 Å². The molecule has 0 radical (unpaired) electrons. The van der Waals surface area contributed by atoms with Crippen LogP contribution in [0.3, 0.4) is 0 Å². The summed E-state index contributed by atoms with van der Waals surface area (Å²) in [5.41, 5.74) is 0.948. The third-order valence-corrected chi connectivity index (χ3v) is 3.12. The quantitative estimate of drug-likeness (QED) is 0.750. The number of methoxy groups -OCH3 is 1. The number of rotatable bonds is 6. The summed E-state index contributed by atoms with van der Waals surface area (Å²) >= 11 is 0. The first-order valence-corrected chi connectivity index (χ1v) is 6.83. The molecule has 19 heavy (non-hydrogen) atoms. The summed E-state index contributed by atoms with van der Waals surface area (Å²) in [6, 6.07) is 16.3. The van der Waals surface area contributed by atoms with Crippen molar-refractivity contribution in [2.24, 2.45) is 0 Å². The lowest BCUT2D eigenvalue weighted by Gasteiger charge is -1.98. The van der Waals surface area contributed by atoms with E-state index < -0.39 is 8.25 Å². The Kier molecular flexibility index (Phi) is 4.90. The third-order valence-electron chi connectivity index (χ3n) is 2.42. The molecule has 5 heteroatoms. The van der Waals surface area contributed by atoms with Crippen molar-refractivity contribution in [1.82, 2.24) is 0 Å². The van der Waals surface area contributed by atoms with Gasteiger partial charge < -0.3 is 4.74 Å². The summed E-state index contributed by atoms with van der Waals surface area (Å²) in [6.45, 7) is 0.256. The van der Waals surface area contributed by atoms with Gasteiger partial charge >= 0.3 is 8.25 Å². The SMILES string of the molecule is COc1ccc(O[P+](=O)OCc2ccccc2)cc1. The monoisotopic (exact) mass is 277 g/mol. The van der Waals surface area contributed by atoms with Crippen LogP contribution >= 0.6 is 8.25 Å². The van der Waals surface area contributed by atoms with Crippen LogP contribution in [0.15, 0.2) is 54.6 Å². The Morgan fingerprint density at radius 3 is 2.21 bits per heavy atom. The van der Waals surface area contributed by atoms with E-state index in [9.17, 15) is 4.57 Å². The zero-order valence-corrected chi connectivity index (χ0v) is 11.4. The number of hydrogen-bond donors (Lipinski definition) is 0. The second-order valence-electron chi connectivity index (χ2n) is 3.75. The molecule has 0 aliphatic rings. The molecule has 0 saturated heterocycles. The molecule has 0 aliphatic heterocycles.